The van der Waals surface area contributed by atoms with Crippen LogP contribution in [-0.2, 0) is 6.18 Å². The summed E-state index contributed by atoms with van der Waals surface area (Å²) < 4.78 is 39.7. The average molecular weight is 394 g/mol. The molecule has 0 amide bonds. The molecule has 1 aromatic heterocycles. The number of anilines is 1. The highest BCUT2D eigenvalue weighted by Gasteiger charge is 2.33. The first-order valence-corrected chi connectivity index (χ1v) is 6.58. The maximum Gasteiger partial charge on any atom is 0.417 e. The predicted octanol–water partition coefficient (Wildman–Crippen LogP) is 3.28. The van der Waals surface area contributed by atoms with E-state index in [4.69, 9.17) is 5.73 Å². The van der Waals surface area contributed by atoms with E-state index in [-0.39, 0.29) is 9.52 Å². The van der Waals surface area contributed by atoms with E-state index in [9.17, 15) is 13.2 Å². The average Bonchev–Trinajstić information content (AvgIpc) is 2.65. The molecule has 106 valence electrons. The van der Waals surface area contributed by atoms with Crippen molar-refractivity contribution in [2.75, 3.05) is 5.73 Å². The minimum absolute atomic E-state index is 0.0942. The zero-order valence-corrected chi connectivity index (χ0v) is 12.5. The van der Waals surface area contributed by atoms with Gasteiger partial charge in [0.2, 0.25) is 5.95 Å². The van der Waals surface area contributed by atoms with Crippen LogP contribution in [-0.4, -0.2) is 15.9 Å². The van der Waals surface area contributed by atoms with Gasteiger partial charge in [0, 0.05) is 9.13 Å². The lowest BCUT2D eigenvalue weighted by Crippen LogP contribution is -2.09. The Labute approximate surface area is 126 Å². The Kier molecular flexibility index (Phi) is 4.02. The fourth-order valence-electron chi connectivity index (χ4n) is 1.59. The molecule has 2 rings (SSSR count). The van der Waals surface area contributed by atoms with Crippen LogP contribution in [0.15, 0.2) is 29.5 Å². The van der Waals surface area contributed by atoms with Crippen molar-refractivity contribution in [1.82, 2.24) is 9.66 Å². The van der Waals surface area contributed by atoms with E-state index in [1.807, 2.05) is 0 Å². The molecule has 0 bridgehead atoms. The molecule has 1 heterocycles. The van der Waals surface area contributed by atoms with Crippen molar-refractivity contribution < 1.29 is 13.2 Å². The van der Waals surface area contributed by atoms with Crippen LogP contribution in [0.2, 0.25) is 0 Å². The van der Waals surface area contributed by atoms with E-state index in [1.165, 1.54) is 17.0 Å². The summed E-state index contributed by atoms with van der Waals surface area (Å²) in [5.41, 5.74) is 5.96. The second-order valence-corrected chi connectivity index (χ2v) is 5.11. The Hall–Kier alpha value is -1.58. The van der Waals surface area contributed by atoms with Crippen LogP contribution in [0.4, 0.5) is 19.1 Å². The van der Waals surface area contributed by atoms with Crippen molar-refractivity contribution in [3.05, 3.63) is 44.8 Å². The van der Waals surface area contributed by atoms with Gasteiger partial charge in [-0.05, 0) is 35.6 Å². The van der Waals surface area contributed by atoms with Crippen LogP contribution >= 0.6 is 22.6 Å². The molecule has 8 heteroatoms. The van der Waals surface area contributed by atoms with E-state index in [0.29, 0.717) is 11.3 Å². The quantitative estimate of drug-likeness (QED) is 0.628. The lowest BCUT2D eigenvalue weighted by atomic mass is 10.1. The van der Waals surface area contributed by atoms with Crippen molar-refractivity contribution in [1.29, 1.82) is 0 Å². The van der Waals surface area contributed by atoms with Gasteiger partial charge in [0.05, 0.1) is 23.7 Å². The molecule has 0 aliphatic rings. The van der Waals surface area contributed by atoms with Crippen molar-refractivity contribution in [3.8, 4) is 0 Å². The van der Waals surface area contributed by atoms with E-state index in [2.05, 4.69) is 10.1 Å². The van der Waals surface area contributed by atoms with Gasteiger partial charge in [-0.2, -0.15) is 18.3 Å². The Morgan fingerprint density at radius 1 is 1.40 bits per heavy atom. The molecule has 0 aliphatic carbocycles. The number of aryl methyl sites for hydroxylation is 1. The second kappa shape index (κ2) is 5.43. The molecule has 0 atom stereocenters. The highest BCUT2D eigenvalue weighted by atomic mass is 127. The molecule has 0 saturated carbocycles. The molecule has 0 spiro atoms. The Morgan fingerprint density at radius 3 is 2.65 bits per heavy atom. The number of benzene rings is 1. The molecule has 20 heavy (non-hydrogen) atoms. The normalized spacial score (nSPS) is 12.2. The fourth-order valence-corrected chi connectivity index (χ4v) is 2.39. The standard InChI is InChI=1S/C12H10F3IN4/c1-7-6-20(11(17)19-7)18-5-8-3-2-4-9(10(8)16)12(13,14)15/h2-6H,1H3,(H2,17,19). The maximum atomic E-state index is 12.8. The number of imidazole rings is 1. The fraction of sp³-hybridized carbons (Fsp3) is 0.167. The third-order valence-corrected chi connectivity index (χ3v) is 3.69. The maximum absolute atomic E-state index is 12.8. The van der Waals surface area contributed by atoms with Crippen LogP contribution in [0, 0.1) is 10.5 Å². The molecule has 0 unspecified atom stereocenters. The first kappa shape index (κ1) is 14.8. The topological polar surface area (TPSA) is 56.2 Å². The number of nitrogen functional groups attached to an aromatic ring is 1. The molecule has 4 nitrogen and oxygen atoms in total. The third kappa shape index (κ3) is 3.11. The van der Waals surface area contributed by atoms with Gasteiger partial charge < -0.3 is 5.73 Å². The molecule has 0 radical (unpaired) electrons. The summed E-state index contributed by atoms with van der Waals surface area (Å²) in [7, 11) is 0. The van der Waals surface area contributed by atoms with Gasteiger partial charge in [-0.3, -0.25) is 0 Å². The summed E-state index contributed by atoms with van der Waals surface area (Å²) in [6.45, 7) is 1.75. The van der Waals surface area contributed by atoms with Crippen molar-refractivity contribution in [2.24, 2.45) is 5.10 Å². The van der Waals surface area contributed by atoms with Gasteiger partial charge in [0.15, 0.2) is 0 Å². The largest absolute Gasteiger partial charge is 0.417 e. The highest BCUT2D eigenvalue weighted by Crippen LogP contribution is 2.33. The zero-order chi connectivity index (χ0) is 14.9. The smallest absolute Gasteiger partial charge is 0.368 e. The predicted molar refractivity (Wildman–Crippen MR) is 78.5 cm³/mol. The van der Waals surface area contributed by atoms with Crippen LogP contribution in [0.3, 0.4) is 0 Å². The number of alkyl halides is 3. The van der Waals surface area contributed by atoms with Crippen molar-refractivity contribution in [3.63, 3.8) is 0 Å². The minimum atomic E-state index is -4.38. The number of hydrogen-bond acceptors (Lipinski definition) is 3. The number of rotatable bonds is 2. The molecule has 2 N–H and O–H groups in total. The molecule has 2 aromatic rings. The molecule has 0 aliphatic heterocycles. The highest BCUT2D eigenvalue weighted by molar-refractivity contribution is 14.1. The van der Waals surface area contributed by atoms with Gasteiger partial charge in [0.25, 0.3) is 0 Å². The van der Waals surface area contributed by atoms with E-state index in [1.54, 1.807) is 41.8 Å². The number of halogens is 4. The van der Waals surface area contributed by atoms with Crippen LogP contribution in [0.1, 0.15) is 16.8 Å². The number of aromatic nitrogens is 2. The number of hydrogen-bond donors (Lipinski definition) is 1. The Bertz CT molecular complexity index is 661. The Morgan fingerprint density at radius 2 is 2.10 bits per heavy atom. The van der Waals surface area contributed by atoms with Gasteiger partial charge >= 0.3 is 6.18 Å². The number of nitrogens with two attached hydrogens (primary N) is 1. The van der Waals surface area contributed by atoms with Gasteiger partial charge in [-0.15, -0.1) is 0 Å². The van der Waals surface area contributed by atoms with Crippen molar-refractivity contribution in [2.45, 2.75) is 13.1 Å². The molecule has 1 aromatic carbocycles. The summed E-state index contributed by atoms with van der Waals surface area (Å²) in [5.74, 6) is 0.181. The summed E-state index contributed by atoms with van der Waals surface area (Å²) in [6.07, 6.45) is -1.47. The SMILES string of the molecule is Cc1cn(N=Cc2cccc(C(F)(F)F)c2I)c(N)n1. The monoisotopic (exact) mass is 394 g/mol. The van der Waals surface area contributed by atoms with Gasteiger partial charge in [-0.1, -0.05) is 12.1 Å². The van der Waals surface area contributed by atoms with Gasteiger partial charge in [-0.25, -0.2) is 9.66 Å². The van der Waals surface area contributed by atoms with Gasteiger partial charge in [0.1, 0.15) is 0 Å². The molecule has 0 fully saturated rings. The molecular weight excluding hydrogens is 384 g/mol. The third-order valence-electron chi connectivity index (χ3n) is 2.49. The summed E-state index contributed by atoms with van der Waals surface area (Å²) >= 11 is 1.66. The lowest BCUT2D eigenvalue weighted by Gasteiger charge is -2.10. The van der Waals surface area contributed by atoms with E-state index in [0.717, 1.165) is 6.07 Å². The summed E-state index contributed by atoms with van der Waals surface area (Å²) in [5, 5.41) is 4.01. The van der Waals surface area contributed by atoms with E-state index >= 15 is 0 Å². The first-order valence-electron chi connectivity index (χ1n) is 5.50. The van der Waals surface area contributed by atoms with Crippen LogP contribution in [0.25, 0.3) is 0 Å². The zero-order valence-electron chi connectivity index (χ0n) is 10.3. The minimum Gasteiger partial charge on any atom is -0.368 e. The second-order valence-electron chi connectivity index (χ2n) is 4.04. The lowest BCUT2D eigenvalue weighted by molar-refractivity contribution is -0.138. The van der Waals surface area contributed by atoms with Crippen LogP contribution in [0.5, 0.6) is 0 Å². The molecule has 0 saturated heterocycles. The first-order chi connectivity index (χ1) is 9.29. The van der Waals surface area contributed by atoms with Crippen molar-refractivity contribution >= 4 is 34.8 Å². The number of nitrogens with zero attached hydrogens (tertiary/aromatic N) is 3. The van der Waals surface area contributed by atoms with Crippen LogP contribution < -0.4 is 5.73 Å². The Balaban J connectivity index is 2.37. The summed E-state index contributed by atoms with van der Waals surface area (Å²) in [6, 6.07) is 3.93. The molecular formula is C12H10F3IN4. The van der Waals surface area contributed by atoms with E-state index < -0.39 is 11.7 Å². The summed E-state index contributed by atoms with van der Waals surface area (Å²) in [4.78, 5) is 3.95.